The first kappa shape index (κ1) is 20.6. The number of nitrogens with two attached hydrogens (primary N) is 2. The van der Waals surface area contributed by atoms with Crippen molar-refractivity contribution >= 4 is 23.5 Å². The van der Waals surface area contributed by atoms with Gasteiger partial charge in [-0.2, -0.15) is 0 Å². The summed E-state index contributed by atoms with van der Waals surface area (Å²) < 4.78 is 0. The number of pyridine rings is 1. The predicted molar refractivity (Wildman–Crippen MR) is 114 cm³/mol. The van der Waals surface area contributed by atoms with Crippen molar-refractivity contribution in [1.29, 1.82) is 0 Å². The Hall–Kier alpha value is -3.13. The molecule has 2 aromatic heterocycles. The lowest BCUT2D eigenvalue weighted by Crippen LogP contribution is -2.34. The van der Waals surface area contributed by atoms with Crippen LogP contribution >= 0.6 is 0 Å². The van der Waals surface area contributed by atoms with E-state index in [1.165, 1.54) is 0 Å². The minimum absolute atomic E-state index is 0.00338. The number of nitrogens with zero attached hydrogens (tertiary/aromatic N) is 5. The van der Waals surface area contributed by atoms with Crippen LogP contribution in [0.3, 0.4) is 0 Å². The maximum absolute atomic E-state index is 13.0. The summed E-state index contributed by atoms with van der Waals surface area (Å²) in [5.74, 6) is 0.967. The normalized spacial score (nSPS) is 13.2. The Morgan fingerprint density at radius 3 is 2.34 bits per heavy atom. The van der Waals surface area contributed by atoms with Crippen LogP contribution in [0.15, 0.2) is 35.2 Å². The van der Waals surface area contributed by atoms with Crippen LogP contribution in [0.2, 0.25) is 0 Å². The Labute approximate surface area is 170 Å². The number of carbonyl (C=O) groups excluding carboxylic acids is 1. The third-order valence-electron chi connectivity index (χ3n) is 4.61. The van der Waals surface area contributed by atoms with E-state index in [1.807, 2.05) is 11.0 Å². The lowest BCUT2D eigenvalue weighted by Gasteiger charge is -2.22. The lowest BCUT2D eigenvalue weighted by atomic mass is 10.1. The summed E-state index contributed by atoms with van der Waals surface area (Å²) in [6.45, 7) is 5.86. The third kappa shape index (κ3) is 4.83. The first-order chi connectivity index (χ1) is 14.0. The van der Waals surface area contributed by atoms with Crippen LogP contribution in [-0.4, -0.2) is 44.7 Å². The van der Waals surface area contributed by atoms with Gasteiger partial charge < -0.3 is 16.4 Å². The largest absolute Gasteiger partial charge is 0.387 e. The van der Waals surface area contributed by atoms with Gasteiger partial charge in [0, 0.05) is 54.8 Å². The number of carbonyl (C=O) groups is 1. The number of amidine groups is 1. The molecule has 0 spiro atoms. The smallest absolute Gasteiger partial charge is 0.250 e. The van der Waals surface area contributed by atoms with Crippen molar-refractivity contribution in [3.63, 3.8) is 0 Å². The van der Waals surface area contributed by atoms with Crippen LogP contribution in [-0.2, 0) is 11.3 Å². The van der Waals surface area contributed by atoms with Gasteiger partial charge in [-0.3, -0.25) is 9.78 Å². The highest BCUT2D eigenvalue weighted by Crippen LogP contribution is 2.30. The molecule has 0 radical (unpaired) electrons. The number of rotatable bonds is 7. The fourth-order valence-corrected chi connectivity index (χ4v) is 3.23. The zero-order valence-electron chi connectivity index (χ0n) is 16.9. The van der Waals surface area contributed by atoms with Gasteiger partial charge in [-0.15, -0.1) is 0 Å². The summed E-state index contributed by atoms with van der Waals surface area (Å²) in [7, 11) is 0. The van der Waals surface area contributed by atoms with Crippen molar-refractivity contribution in [3.05, 3.63) is 41.7 Å². The standard InChI is InChI=1S/C21H27N7O/c1-3-5-28(6-4-2)21(29)14-7-17-18(27-19(23)9-14)8-15(11-24-17)16-12-25-20(10-22)26-13-16/h7-8,11-13H,3-6,9-10,22H2,1-2H3,(H2,23,27). The molecule has 0 aliphatic carbocycles. The van der Waals surface area contributed by atoms with Gasteiger partial charge in [0.15, 0.2) is 0 Å². The quantitative estimate of drug-likeness (QED) is 0.744. The number of hydrogen-bond acceptors (Lipinski definition) is 7. The molecule has 152 valence electrons. The Bertz CT molecular complexity index is 929. The number of amides is 1. The van der Waals surface area contributed by atoms with Gasteiger partial charge in [-0.05, 0) is 25.0 Å². The number of fused-ring (bicyclic) bond motifs is 1. The highest BCUT2D eigenvalue weighted by Gasteiger charge is 2.21. The van der Waals surface area contributed by atoms with Crippen LogP contribution in [0.4, 0.5) is 5.69 Å². The molecular formula is C21H27N7O. The van der Waals surface area contributed by atoms with Crippen molar-refractivity contribution < 1.29 is 4.79 Å². The van der Waals surface area contributed by atoms with E-state index < -0.39 is 0 Å². The Morgan fingerprint density at radius 1 is 1.07 bits per heavy atom. The first-order valence-corrected chi connectivity index (χ1v) is 9.90. The molecule has 8 heteroatoms. The van der Waals surface area contributed by atoms with Gasteiger partial charge in [0.1, 0.15) is 11.7 Å². The van der Waals surface area contributed by atoms with Gasteiger partial charge >= 0.3 is 0 Å². The van der Waals surface area contributed by atoms with Crippen LogP contribution < -0.4 is 11.5 Å². The highest BCUT2D eigenvalue weighted by molar-refractivity contribution is 6.05. The summed E-state index contributed by atoms with van der Waals surface area (Å²) in [6, 6.07) is 1.88. The molecular weight excluding hydrogens is 366 g/mol. The minimum atomic E-state index is -0.00338. The molecule has 8 nitrogen and oxygen atoms in total. The van der Waals surface area contributed by atoms with E-state index in [4.69, 9.17) is 11.5 Å². The van der Waals surface area contributed by atoms with Crippen molar-refractivity contribution in [2.45, 2.75) is 39.7 Å². The van der Waals surface area contributed by atoms with E-state index in [-0.39, 0.29) is 12.5 Å². The SMILES string of the molecule is CCCN(CCC)C(=O)C1=Cc2ncc(-c3cnc(CN)nc3)cc2N=C(N)C1. The van der Waals surface area contributed by atoms with Gasteiger partial charge in [0.25, 0.3) is 0 Å². The fourth-order valence-electron chi connectivity index (χ4n) is 3.23. The van der Waals surface area contributed by atoms with Crippen molar-refractivity contribution in [3.8, 4) is 11.1 Å². The minimum Gasteiger partial charge on any atom is -0.387 e. The van der Waals surface area contributed by atoms with E-state index in [2.05, 4.69) is 33.8 Å². The summed E-state index contributed by atoms with van der Waals surface area (Å²) in [5.41, 5.74) is 15.2. The predicted octanol–water partition coefficient (Wildman–Crippen LogP) is 2.42. The molecule has 0 bridgehead atoms. The average molecular weight is 393 g/mol. The van der Waals surface area contributed by atoms with Crippen LogP contribution in [0.1, 0.15) is 44.6 Å². The highest BCUT2D eigenvalue weighted by atomic mass is 16.2. The van der Waals surface area contributed by atoms with Gasteiger partial charge in [0.05, 0.1) is 17.9 Å². The first-order valence-electron chi connectivity index (χ1n) is 9.90. The lowest BCUT2D eigenvalue weighted by molar-refractivity contribution is -0.127. The molecule has 2 aromatic rings. The van der Waals surface area contributed by atoms with E-state index in [0.717, 1.165) is 37.1 Å². The van der Waals surface area contributed by atoms with Crippen molar-refractivity contribution in [2.75, 3.05) is 13.1 Å². The Kier molecular flexibility index (Phi) is 6.66. The molecule has 3 heterocycles. The monoisotopic (exact) mass is 393 g/mol. The van der Waals surface area contributed by atoms with Crippen LogP contribution in [0.5, 0.6) is 0 Å². The number of aliphatic imine (C=N–C) groups is 1. The van der Waals surface area contributed by atoms with Gasteiger partial charge in [-0.1, -0.05) is 13.8 Å². The molecule has 0 saturated carbocycles. The van der Waals surface area contributed by atoms with Gasteiger partial charge in [-0.25, -0.2) is 15.0 Å². The van der Waals surface area contributed by atoms with Crippen molar-refractivity contribution in [1.82, 2.24) is 19.9 Å². The fraction of sp³-hybridized carbons (Fsp3) is 0.381. The maximum Gasteiger partial charge on any atom is 0.250 e. The number of hydrogen-bond donors (Lipinski definition) is 2. The maximum atomic E-state index is 13.0. The van der Waals surface area contributed by atoms with Crippen LogP contribution in [0, 0.1) is 0 Å². The molecule has 0 aromatic carbocycles. The molecule has 0 fully saturated rings. The van der Waals surface area contributed by atoms with Crippen molar-refractivity contribution in [2.24, 2.45) is 16.5 Å². The average Bonchev–Trinajstić information content (AvgIpc) is 2.90. The second-order valence-corrected chi connectivity index (χ2v) is 6.96. The second kappa shape index (κ2) is 9.38. The molecule has 4 N–H and O–H groups in total. The number of aromatic nitrogens is 3. The van der Waals surface area contributed by atoms with E-state index in [1.54, 1.807) is 24.7 Å². The Morgan fingerprint density at radius 2 is 1.72 bits per heavy atom. The third-order valence-corrected chi connectivity index (χ3v) is 4.61. The summed E-state index contributed by atoms with van der Waals surface area (Å²) in [6.07, 6.45) is 9.07. The van der Waals surface area contributed by atoms with E-state index in [0.29, 0.717) is 35.0 Å². The molecule has 29 heavy (non-hydrogen) atoms. The molecule has 0 saturated heterocycles. The molecule has 1 aliphatic heterocycles. The summed E-state index contributed by atoms with van der Waals surface area (Å²) in [5, 5.41) is 0. The Balaban J connectivity index is 1.94. The zero-order chi connectivity index (χ0) is 20.8. The summed E-state index contributed by atoms with van der Waals surface area (Å²) in [4.78, 5) is 32.4. The topological polar surface area (TPSA) is 123 Å². The zero-order valence-corrected chi connectivity index (χ0v) is 16.9. The van der Waals surface area contributed by atoms with E-state index in [9.17, 15) is 4.79 Å². The second-order valence-electron chi connectivity index (χ2n) is 6.96. The molecule has 3 rings (SSSR count). The van der Waals surface area contributed by atoms with Gasteiger partial charge in [0.2, 0.25) is 5.91 Å². The van der Waals surface area contributed by atoms with Crippen LogP contribution in [0.25, 0.3) is 17.2 Å². The summed E-state index contributed by atoms with van der Waals surface area (Å²) >= 11 is 0. The molecule has 1 amide bonds. The molecule has 1 aliphatic rings. The van der Waals surface area contributed by atoms with E-state index >= 15 is 0 Å². The molecule has 0 atom stereocenters. The molecule has 0 unspecified atom stereocenters.